The van der Waals surface area contributed by atoms with Crippen molar-refractivity contribution in [1.29, 1.82) is 0 Å². The Morgan fingerprint density at radius 2 is 1.94 bits per heavy atom. The number of aliphatic hydroxyl groups is 1. The molecule has 1 fully saturated rings. The van der Waals surface area contributed by atoms with Crippen LogP contribution >= 0.6 is 0 Å². The molecule has 2 atom stereocenters. The molecule has 160 valence electrons. The van der Waals surface area contributed by atoms with Gasteiger partial charge in [0.25, 0.3) is 5.91 Å². The molecule has 1 aromatic heterocycles. The molecule has 1 aliphatic heterocycles. The Hall–Kier alpha value is -3.19. The molecule has 3 aromatic rings. The molecule has 1 amide bonds. The molecule has 2 heterocycles. The molecule has 2 unspecified atom stereocenters. The van der Waals surface area contributed by atoms with E-state index in [-0.39, 0.29) is 24.1 Å². The average molecular weight is 421 g/mol. The second kappa shape index (κ2) is 8.15. The summed E-state index contributed by atoms with van der Waals surface area (Å²) in [5, 5.41) is 14.4. The second-order valence-corrected chi connectivity index (χ2v) is 8.19. The van der Waals surface area contributed by atoms with Crippen molar-refractivity contribution in [3.05, 3.63) is 77.4 Å². The van der Waals surface area contributed by atoms with Gasteiger partial charge in [-0.05, 0) is 55.2 Å². The van der Waals surface area contributed by atoms with E-state index in [1.165, 1.54) is 12.1 Å². The molecule has 31 heavy (non-hydrogen) atoms. The molecule has 0 radical (unpaired) electrons. The van der Waals surface area contributed by atoms with Crippen LogP contribution < -0.4 is 4.74 Å². The highest BCUT2D eigenvalue weighted by Gasteiger charge is 2.35. The summed E-state index contributed by atoms with van der Waals surface area (Å²) in [6.45, 7) is 0.573. The van der Waals surface area contributed by atoms with E-state index in [1.54, 1.807) is 15.8 Å². The molecule has 0 saturated heterocycles. The van der Waals surface area contributed by atoms with Crippen LogP contribution in [0, 0.1) is 5.82 Å². The number of fused-ring (bicyclic) bond motifs is 1. The Kier molecular flexibility index (Phi) is 5.19. The number of amides is 1. The summed E-state index contributed by atoms with van der Waals surface area (Å²) in [5.74, 6) is -0.286. The van der Waals surface area contributed by atoms with Crippen LogP contribution in [0.4, 0.5) is 4.39 Å². The Bertz CT molecular complexity index is 1080. The van der Waals surface area contributed by atoms with Gasteiger partial charge in [-0.1, -0.05) is 18.6 Å². The third-order valence-corrected chi connectivity index (χ3v) is 6.09. The standard InChI is InChI=1S/C24H24FN3O3/c25-19-10-11-22(31-21-5-2-1-4-20(21)29)23-18(19)15-27(24(23)30)14-16-6-8-17(9-7-16)28-13-3-12-26-28/h3,6-13,20-21,29H,1-2,4-5,14-15H2. The van der Waals surface area contributed by atoms with Crippen molar-refractivity contribution in [2.24, 2.45) is 0 Å². The molecule has 5 rings (SSSR count). The molecule has 1 saturated carbocycles. The third kappa shape index (κ3) is 3.81. The fourth-order valence-electron chi connectivity index (χ4n) is 4.41. The highest BCUT2D eigenvalue weighted by atomic mass is 19.1. The van der Waals surface area contributed by atoms with Crippen molar-refractivity contribution in [3.63, 3.8) is 0 Å². The number of nitrogens with zero attached hydrogens (tertiary/aromatic N) is 3. The van der Waals surface area contributed by atoms with Crippen molar-refractivity contribution in [3.8, 4) is 11.4 Å². The Morgan fingerprint density at radius 1 is 1.13 bits per heavy atom. The highest BCUT2D eigenvalue weighted by Crippen LogP contribution is 2.35. The number of aromatic nitrogens is 2. The summed E-state index contributed by atoms with van der Waals surface area (Å²) in [5.41, 5.74) is 2.52. The molecular weight excluding hydrogens is 397 g/mol. The number of benzene rings is 2. The predicted molar refractivity (Wildman–Crippen MR) is 112 cm³/mol. The van der Waals surface area contributed by atoms with Crippen LogP contribution in [0.5, 0.6) is 5.75 Å². The molecule has 0 bridgehead atoms. The Morgan fingerprint density at radius 3 is 2.68 bits per heavy atom. The minimum atomic E-state index is -0.560. The summed E-state index contributed by atoms with van der Waals surface area (Å²) in [6.07, 6.45) is 6.01. The lowest BCUT2D eigenvalue weighted by Gasteiger charge is -2.28. The summed E-state index contributed by atoms with van der Waals surface area (Å²) in [7, 11) is 0. The molecule has 1 N–H and O–H groups in total. The van der Waals surface area contributed by atoms with E-state index in [0.717, 1.165) is 30.5 Å². The van der Waals surface area contributed by atoms with Crippen molar-refractivity contribution in [1.82, 2.24) is 14.7 Å². The largest absolute Gasteiger partial charge is 0.487 e. The van der Waals surface area contributed by atoms with Gasteiger partial charge in [0.1, 0.15) is 17.7 Å². The van der Waals surface area contributed by atoms with Gasteiger partial charge < -0.3 is 14.7 Å². The zero-order chi connectivity index (χ0) is 21.4. The van der Waals surface area contributed by atoms with Gasteiger partial charge in [-0.15, -0.1) is 0 Å². The van der Waals surface area contributed by atoms with Gasteiger partial charge in [0.05, 0.1) is 23.9 Å². The Labute approximate surface area is 179 Å². The minimum absolute atomic E-state index is 0.200. The van der Waals surface area contributed by atoms with E-state index >= 15 is 0 Å². The number of rotatable bonds is 5. The number of hydrogen-bond donors (Lipinski definition) is 1. The SMILES string of the molecule is O=C1c2c(OC3CCCCC3O)ccc(F)c2CN1Cc1ccc(-n2cccn2)cc1. The van der Waals surface area contributed by atoms with Gasteiger partial charge in [-0.25, -0.2) is 9.07 Å². The van der Waals surface area contributed by atoms with Crippen LogP contribution in [0.1, 0.15) is 47.2 Å². The van der Waals surface area contributed by atoms with E-state index in [0.29, 0.717) is 24.3 Å². The smallest absolute Gasteiger partial charge is 0.258 e. The first-order valence-corrected chi connectivity index (χ1v) is 10.6. The molecule has 6 nitrogen and oxygen atoms in total. The van der Waals surface area contributed by atoms with Crippen LogP contribution in [-0.4, -0.2) is 37.9 Å². The van der Waals surface area contributed by atoms with E-state index in [9.17, 15) is 14.3 Å². The van der Waals surface area contributed by atoms with Crippen molar-refractivity contribution < 1.29 is 19.0 Å². The number of carbonyl (C=O) groups is 1. The van der Waals surface area contributed by atoms with E-state index < -0.39 is 11.9 Å². The maximum absolute atomic E-state index is 14.5. The lowest BCUT2D eigenvalue weighted by atomic mass is 9.94. The van der Waals surface area contributed by atoms with Crippen molar-refractivity contribution >= 4 is 5.91 Å². The van der Waals surface area contributed by atoms with E-state index in [2.05, 4.69) is 5.10 Å². The number of halogens is 1. The fraction of sp³-hybridized carbons (Fsp3) is 0.333. The van der Waals surface area contributed by atoms with E-state index in [4.69, 9.17) is 4.74 Å². The first kappa shape index (κ1) is 19.8. The van der Waals surface area contributed by atoms with Gasteiger partial charge in [-0.3, -0.25) is 4.79 Å². The zero-order valence-electron chi connectivity index (χ0n) is 17.1. The number of hydrogen-bond acceptors (Lipinski definition) is 4. The number of carbonyl (C=O) groups excluding carboxylic acids is 1. The zero-order valence-corrected chi connectivity index (χ0v) is 17.1. The lowest BCUT2D eigenvalue weighted by molar-refractivity contribution is 0.00633. The number of aliphatic hydroxyl groups excluding tert-OH is 1. The molecule has 0 spiro atoms. The molecule has 7 heteroatoms. The summed E-state index contributed by atoms with van der Waals surface area (Å²) in [6, 6.07) is 12.5. The maximum atomic E-state index is 14.5. The van der Waals surface area contributed by atoms with Crippen LogP contribution in [0.2, 0.25) is 0 Å². The first-order chi connectivity index (χ1) is 15.1. The van der Waals surface area contributed by atoms with Crippen molar-refractivity contribution in [2.75, 3.05) is 0 Å². The molecule has 2 aliphatic rings. The molecular formula is C24H24FN3O3. The predicted octanol–water partition coefficient (Wildman–Crippen LogP) is 3.85. The van der Waals surface area contributed by atoms with Crippen LogP contribution in [-0.2, 0) is 13.1 Å². The van der Waals surface area contributed by atoms with Gasteiger partial charge in [-0.2, -0.15) is 5.10 Å². The van der Waals surface area contributed by atoms with Crippen LogP contribution in [0.25, 0.3) is 5.69 Å². The minimum Gasteiger partial charge on any atom is -0.487 e. The lowest BCUT2D eigenvalue weighted by Crippen LogP contribution is -2.35. The molecule has 2 aromatic carbocycles. The normalized spacial score (nSPS) is 20.7. The van der Waals surface area contributed by atoms with Crippen LogP contribution in [0.3, 0.4) is 0 Å². The summed E-state index contributed by atoms with van der Waals surface area (Å²) >= 11 is 0. The monoisotopic (exact) mass is 421 g/mol. The van der Waals surface area contributed by atoms with Gasteiger partial charge in [0.2, 0.25) is 0 Å². The van der Waals surface area contributed by atoms with Crippen LogP contribution in [0.15, 0.2) is 54.9 Å². The topological polar surface area (TPSA) is 67.6 Å². The number of ether oxygens (including phenoxy) is 1. The summed E-state index contributed by atoms with van der Waals surface area (Å²) < 4.78 is 22.3. The second-order valence-electron chi connectivity index (χ2n) is 8.19. The van der Waals surface area contributed by atoms with Crippen molar-refractivity contribution in [2.45, 2.75) is 51.0 Å². The Balaban J connectivity index is 1.35. The van der Waals surface area contributed by atoms with E-state index in [1.807, 2.05) is 36.5 Å². The van der Waals surface area contributed by atoms with Gasteiger partial charge >= 0.3 is 0 Å². The highest BCUT2D eigenvalue weighted by molar-refractivity contribution is 6.01. The quantitative estimate of drug-likeness (QED) is 0.680. The fourth-order valence-corrected chi connectivity index (χ4v) is 4.41. The molecule has 1 aliphatic carbocycles. The van der Waals surface area contributed by atoms with Gasteiger partial charge in [0.15, 0.2) is 0 Å². The van der Waals surface area contributed by atoms with Gasteiger partial charge in [0, 0.05) is 24.5 Å². The summed E-state index contributed by atoms with van der Waals surface area (Å²) in [4.78, 5) is 14.8. The average Bonchev–Trinajstić information content (AvgIpc) is 3.42. The third-order valence-electron chi connectivity index (χ3n) is 6.09. The first-order valence-electron chi connectivity index (χ1n) is 10.6. The maximum Gasteiger partial charge on any atom is 0.258 e.